The van der Waals surface area contributed by atoms with Crippen LogP contribution in [0.5, 0.6) is 0 Å². The standard InChI is InChI=1S/C16H19FN2OS/c1-16(20,12-4-6-13(17)7-5-12)10-18-8-14-9-19-15(21-14)11-2-3-11/h4-7,9,11,18,20H,2-3,8,10H2,1H3. The molecule has 0 bridgehead atoms. The summed E-state index contributed by atoms with van der Waals surface area (Å²) in [6.07, 6.45) is 4.44. The van der Waals surface area contributed by atoms with Gasteiger partial charge in [0.2, 0.25) is 0 Å². The van der Waals surface area contributed by atoms with E-state index in [0.717, 1.165) is 0 Å². The molecule has 0 radical (unpaired) electrons. The van der Waals surface area contributed by atoms with Crippen molar-refractivity contribution in [1.82, 2.24) is 10.3 Å². The molecule has 1 saturated carbocycles. The molecule has 21 heavy (non-hydrogen) atoms. The minimum absolute atomic E-state index is 0.292. The third-order valence-corrected chi connectivity index (χ3v) is 4.89. The third kappa shape index (κ3) is 3.67. The zero-order chi connectivity index (χ0) is 14.9. The predicted molar refractivity (Wildman–Crippen MR) is 81.8 cm³/mol. The van der Waals surface area contributed by atoms with Gasteiger partial charge in [-0.3, -0.25) is 0 Å². The number of benzene rings is 1. The first-order chi connectivity index (χ1) is 10.0. The quantitative estimate of drug-likeness (QED) is 0.862. The average molecular weight is 306 g/mol. The van der Waals surface area contributed by atoms with E-state index in [1.54, 1.807) is 30.4 Å². The fraction of sp³-hybridized carbons (Fsp3) is 0.438. The zero-order valence-corrected chi connectivity index (χ0v) is 12.8. The maximum absolute atomic E-state index is 12.9. The Hall–Kier alpha value is -1.30. The van der Waals surface area contributed by atoms with Gasteiger partial charge in [0.25, 0.3) is 0 Å². The summed E-state index contributed by atoms with van der Waals surface area (Å²) in [5.41, 5.74) is -0.308. The van der Waals surface area contributed by atoms with Crippen molar-refractivity contribution in [1.29, 1.82) is 0 Å². The molecular formula is C16H19FN2OS. The summed E-state index contributed by atoms with van der Waals surface area (Å²) >= 11 is 1.75. The molecule has 0 spiro atoms. The maximum atomic E-state index is 12.9. The maximum Gasteiger partial charge on any atom is 0.123 e. The number of aliphatic hydroxyl groups is 1. The number of rotatable bonds is 6. The number of nitrogens with one attached hydrogen (secondary N) is 1. The van der Waals surface area contributed by atoms with Gasteiger partial charge in [0.05, 0.1) is 10.6 Å². The highest BCUT2D eigenvalue weighted by atomic mass is 32.1. The first-order valence-electron chi connectivity index (χ1n) is 7.18. The van der Waals surface area contributed by atoms with Crippen LogP contribution in [-0.4, -0.2) is 16.6 Å². The normalized spacial score (nSPS) is 17.7. The molecule has 1 heterocycles. The van der Waals surface area contributed by atoms with Crippen molar-refractivity contribution in [3.8, 4) is 0 Å². The van der Waals surface area contributed by atoms with Crippen LogP contribution in [0.25, 0.3) is 0 Å². The van der Waals surface area contributed by atoms with Gasteiger partial charge in [0, 0.05) is 30.1 Å². The molecule has 0 amide bonds. The number of aromatic nitrogens is 1. The second kappa shape index (κ2) is 5.83. The van der Waals surface area contributed by atoms with Crippen molar-refractivity contribution in [2.45, 2.75) is 37.8 Å². The van der Waals surface area contributed by atoms with Crippen LogP contribution < -0.4 is 5.32 Å². The predicted octanol–water partition coefficient (Wildman–Crippen LogP) is 3.16. The summed E-state index contributed by atoms with van der Waals surface area (Å²) in [6.45, 7) is 2.84. The lowest BCUT2D eigenvalue weighted by atomic mass is 9.96. The van der Waals surface area contributed by atoms with E-state index >= 15 is 0 Å². The minimum Gasteiger partial charge on any atom is -0.384 e. The largest absolute Gasteiger partial charge is 0.384 e. The van der Waals surface area contributed by atoms with Crippen LogP contribution in [0.3, 0.4) is 0 Å². The van der Waals surface area contributed by atoms with Gasteiger partial charge in [-0.1, -0.05) is 12.1 Å². The molecule has 3 nitrogen and oxygen atoms in total. The monoisotopic (exact) mass is 306 g/mol. The highest BCUT2D eigenvalue weighted by molar-refractivity contribution is 7.11. The van der Waals surface area contributed by atoms with Gasteiger partial charge in [0.1, 0.15) is 5.82 Å². The van der Waals surface area contributed by atoms with Crippen molar-refractivity contribution < 1.29 is 9.50 Å². The van der Waals surface area contributed by atoms with E-state index in [0.29, 0.717) is 24.6 Å². The second-order valence-electron chi connectivity index (χ2n) is 5.82. The summed E-state index contributed by atoms with van der Waals surface area (Å²) in [4.78, 5) is 5.62. The number of hydrogen-bond acceptors (Lipinski definition) is 4. The highest BCUT2D eigenvalue weighted by Crippen LogP contribution is 2.41. The van der Waals surface area contributed by atoms with E-state index in [-0.39, 0.29) is 5.82 Å². The Labute approximate surface area is 127 Å². The molecule has 1 aromatic heterocycles. The summed E-state index contributed by atoms with van der Waals surface area (Å²) in [6, 6.07) is 5.98. The molecule has 0 aliphatic heterocycles. The molecule has 1 aliphatic rings. The van der Waals surface area contributed by atoms with Crippen molar-refractivity contribution in [2.75, 3.05) is 6.54 Å². The van der Waals surface area contributed by atoms with Crippen LogP contribution in [0.15, 0.2) is 30.5 Å². The molecular weight excluding hydrogens is 287 g/mol. The number of halogens is 1. The first kappa shape index (κ1) is 14.6. The molecule has 2 aromatic rings. The lowest BCUT2D eigenvalue weighted by molar-refractivity contribution is 0.0567. The van der Waals surface area contributed by atoms with Crippen molar-refractivity contribution >= 4 is 11.3 Å². The van der Waals surface area contributed by atoms with E-state index in [4.69, 9.17) is 0 Å². The van der Waals surface area contributed by atoms with Crippen LogP contribution in [0.4, 0.5) is 4.39 Å². The molecule has 1 aliphatic carbocycles. The number of thiazole rings is 1. The summed E-state index contributed by atoms with van der Waals surface area (Å²) in [7, 11) is 0. The smallest absolute Gasteiger partial charge is 0.123 e. The molecule has 5 heteroatoms. The summed E-state index contributed by atoms with van der Waals surface area (Å²) < 4.78 is 12.9. The Morgan fingerprint density at radius 2 is 2.10 bits per heavy atom. The average Bonchev–Trinajstić information content (AvgIpc) is 3.19. The second-order valence-corrected chi connectivity index (χ2v) is 6.97. The van der Waals surface area contributed by atoms with Crippen molar-refractivity contribution in [2.24, 2.45) is 0 Å². The number of nitrogens with zero attached hydrogens (tertiary/aromatic N) is 1. The van der Waals surface area contributed by atoms with Gasteiger partial charge in [-0.25, -0.2) is 9.37 Å². The van der Waals surface area contributed by atoms with E-state index in [1.165, 1.54) is 34.9 Å². The van der Waals surface area contributed by atoms with Gasteiger partial charge >= 0.3 is 0 Å². The minimum atomic E-state index is -1.02. The Balaban J connectivity index is 1.54. The third-order valence-electron chi connectivity index (χ3n) is 3.73. The molecule has 1 unspecified atom stereocenters. The van der Waals surface area contributed by atoms with Crippen molar-refractivity contribution in [3.05, 3.63) is 51.7 Å². The molecule has 1 fully saturated rings. The topological polar surface area (TPSA) is 45.1 Å². The van der Waals surface area contributed by atoms with Gasteiger partial charge < -0.3 is 10.4 Å². The van der Waals surface area contributed by atoms with E-state index in [2.05, 4.69) is 10.3 Å². The molecule has 2 N–H and O–H groups in total. The summed E-state index contributed by atoms with van der Waals surface area (Å²) in [5.74, 6) is 0.394. The van der Waals surface area contributed by atoms with Crippen LogP contribution in [0, 0.1) is 5.82 Å². The van der Waals surface area contributed by atoms with Gasteiger partial charge in [-0.2, -0.15) is 0 Å². The molecule has 0 saturated heterocycles. The Kier molecular flexibility index (Phi) is 4.06. The highest BCUT2D eigenvalue weighted by Gasteiger charge is 2.27. The fourth-order valence-corrected chi connectivity index (χ4v) is 3.32. The van der Waals surface area contributed by atoms with E-state index in [1.807, 2.05) is 6.20 Å². The van der Waals surface area contributed by atoms with Gasteiger partial charge in [-0.05, 0) is 37.5 Å². The number of hydrogen-bond donors (Lipinski definition) is 2. The van der Waals surface area contributed by atoms with E-state index in [9.17, 15) is 9.50 Å². The van der Waals surface area contributed by atoms with E-state index < -0.39 is 5.60 Å². The lowest BCUT2D eigenvalue weighted by Crippen LogP contribution is -2.35. The van der Waals surface area contributed by atoms with Crippen molar-refractivity contribution in [3.63, 3.8) is 0 Å². The van der Waals surface area contributed by atoms with Crippen LogP contribution in [-0.2, 0) is 12.1 Å². The lowest BCUT2D eigenvalue weighted by Gasteiger charge is -2.24. The molecule has 112 valence electrons. The Bertz CT molecular complexity index is 605. The SMILES string of the molecule is CC(O)(CNCc1cnc(C2CC2)s1)c1ccc(F)cc1. The van der Waals surface area contributed by atoms with Crippen LogP contribution >= 0.6 is 11.3 Å². The zero-order valence-electron chi connectivity index (χ0n) is 12.0. The molecule has 1 aromatic carbocycles. The van der Waals surface area contributed by atoms with Gasteiger partial charge in [0.15, 0.2) is 0 Å². The fourth-order valence-electron chi connectivity index (χ4n) is 2.26. The van der Waals surface area contributed by atoms with Crippen LogP contribution in [0.1, 0.15) is 41.1 Å². The first-order valence-corrected chi connectivity index (χ1v) is 8.00. The van der Waals surface area contributed by atoms with Crippen LogP contribution in [0.2, 0.25) is 0 Å². The Morgan fingerprint density at radius 1 is 1.38 bits per heavy atom. The Morgan fingerprint density at radius 3 is 2.76 bits per heavy atom. The molecule has 3 rings (SSSR count). The van der Waals surface area contributed by atoms with Gasteiger partial charge in [-0.15, -0.1) is 11.3 Å². The molecule has 1 atom stereocenters. The summed E-state index contributed by atoms with van der Waals surface area (Å²) in [5, 5.41) is 14.9.